The highest BCUT2D eigenvalue weighted by Gasteiger charge is 2.43. The van der Waals surface area contributed by atoms with E-state index in [1.807, 2.05) is 6.07 Å². The number of benzene rings is 2. The molecule has 2 aromatic carbocycles. The van der Waals surface area contributed by atoms with E-state index in [2.05, 4.69) is 24.7 Å². The lowest BCUT2D eigenvalue weighted by molar-refractivity contribution is 0.0677. The molecule has 45 heavy (non-hydrogen) atoms. The van der Waals surface area contributed by atoms with Gasteiger partial charge in [-0.25, -0.2) is 9.07 Å². The molecule has 1 aliphatic heterocycles. The van der Waals surface area contributed by atoms with Crippen molar-refractivity contribution in [2.24, 2.45) is 0 Å². The number of hydrogen-bond acceptors (Lipinski definition) is 8. The number of ether oxygens (including phenoxy) is 1. The Morgan fingerprint density at radius 2 is 1.91 bits per heavy atom. The van der Waals surface area contributed by atoms with Crippen LogP contribution in [0.4, 0.5) is 4.39 Å². The van der Waals surface area contributed by atoms with Gasteiger partial charge in [-0.3, -0.25) is 14.1 Å². The van der Waals surface area contributed by atoms with E-state index in [1.165, 1.54) is 23.1 Å². The van der Waals surface area contributed by atoms with E-state index in [4.69, 9.17) is 4.74 Å². The Balaban J connectivity index is 1.66. The number of carbonyl (C=O) groups excluding carboxylic acids is 1. The lowest BCUT2D eigenvalue weighted by atomic mass is 9.85. The maximum absolute atomic E-state index is 14.3. The minimum absolute atomic E-state index is 0.0838. The van der Waals surface area contributed by atoms with E-state index < -0.39 is 64.0 Å². The Labute approximate surface area is 262 Å². The number of amides is 1. The molecule has 1 amide bonds. The maximum Gasteiger partial charge on any atom is 0.278 e. The number of nitrogens with zero attached hydrogens (tertiary/aromatic N) is 4. The summed E-state index contributed by atoms with van der Waals surface area (Å²) in [5.74, 6) is -2.87. The average Bonchev–Trinajstić information content (AvgIpc) is 3.45. The largest absolute Gasteiger partial charge is 0.503 e. The van der Waals surface area contributed by atoms with Gasteiger partial charge in [-0.05, 0) is 60.7 Å². The van der Waals surface area contributed by atoms with Gasteiger partial charge in [-0.2, -0.15) is 18.8 Å². The number of aromatic nitrogens is 2. The van der Waals surface area contributed by atoms with Crippen LogP contribution in [0.25, 0.3) is 0 Å². The van der Waals surface area contributed by atoms with Gasteiger partial charge in [0.15, 0.2) is 11.4 Å². The summed E-state index contributed by atoms with van der Waals surface area (Å²) in [6, 6.07) is 13.9. The fraction of sp³-hybridized carbons (Fsp3) is 0.419. The predicted octanol–water partition coefficient (Wildman–Crippen LogP) is 4.36. The van der Waals surface area contributed by atoms with E-state index in [0.717, 1.165) is 16.9 Å². The monoisotopic (exact) mass is 656 g/mol. The van der Waals surface area contributed by atoms with Crippen molar-refractivity contribution in [3.05, 3.63) is 93.2 Å². The van der Waals surface area contributed by atoms with Gasteiger partial charge in [0.05, 0.1) is 23.9 Å². The summed E-state index contributed by atoms with van der Waals surface area (Å²) < 4.78 is 57.5. The van der Waals surface area contributed by atoms with Crippen LogP contribution in [0.15, 0.2) is 59.5 Å². The van der Waals surface area contributed by atoms with Gasteiger partial charge < -0.3 is 14.7 Å². The highest BCUT2D eigenvalue weighted by Crippen LogP contribution is 2.36. The molecule has 0 bridgehead atoms. The highest BCUT2D eigenvalue weighted by molar-refractivity contribution is 7.86. The van der Waals surface area contributed by atoms with Gasteiger partial charge in [-0.15, -0.1) is 0 Å². The molecule has 1 saturated heterocycles. The molecule has 1 unspecified atom stereocenters. The van der Waals surface area contributed by atoms with Gasteiger partial charge in [0, 0.05) is 27.1 Å². The van der Waals surface area contributed by atoms with Crippen molar-refractivity contribution in [3.63, 3.8) is 0 Å². The highest BCUT2D eigenvalue weighted by atomic mass is 32.2. The molecule has 0 radical (unpaired) electrons. The zero-order valence-electron chi connectivity index (χ0n) is 25.4. The Kier molecular flexibility index (Phi) is 10.6. The lowest BCUT2D eigenvalue weighted by Gasteiger charge is -2.32. The van der Waals surface area contributed by atoms with Crippen LogP contribution in [0, 0.1) is 17.1 Å². The van der Waals surface area contributed by atoms with E-state index in [-0.39, 0.29) is 26.1 Å². The first-order valence-electron chi connectivity index (χ1n) is 14.6. The van der Waals surface area contributed by atoms with Crippen molar-refractivity contribution in [1.29, 1.82) is 5.26 Å². The van der Waals surface area contributed by atoms with E-state index in [0.29, 0.717) is 29.7 Å². The molecular weight excluding hydrogens is 620 g/mol. The molecule has 4 rings (SSSR count). The molecule has 3 atom stereocenters. The van der Waals surface area contributed by atoms with Gasteiger partial charge in [0.25, 0.3) is 21.5 Å². The first kappa shape index (κ1) is 34.0. The van der Waals surface area contributed by atoms with Crippen molar-refractivity contribution in [2.75, 3.05) is 13.2 Å². The molecule has 0 aliphatic carbocycles. The zero-order chi connectivity index (χ0) is 32.9. The second kappa shape index (κ2) is 14.0. The number of halogens is 1. The molecule has 0 spiro atoms. The van der Waals surface area contributed by atoms with Crippen LogP contribution >= 0.6 is 0 Å². The summed E-state index contributed by atoms with van der Waals surface area (Å²) in [6.45, 7) is 6.97. The lowest BCUT2D eigenvalue weighted by Crippen LogP contribution is -2.48. The first-order valence-corrected chi connectivity index (χ1v) is 19.8. The first-order chi connectivity index (χ1) is 21.2. The molecule has 2 heterocycles. The van der Waals surface area contributed by atoms with Crippen LogP contribution in [0.5, 0.6) is 5.75 Å². The molecule has 0 saturated carbocycles. The predicted molar refractivity (Wildman–Crippen MR) is 168 cm³/mol. The summed E-state index contributed by atoms with van der Waals surface area (Å²) in [5, 5.41) is 22.1. The molecule has 2 N–H and O–H groups in total. The molecule has 14 heteroatoms. The Morgan fingerprint density at radius 1 is 1.20 bits per heavy atom. The number of rotatable bonds is 12. The molecule has 1 aliphatic rings. The fourth-order valence-electron chi connectivity index (χ4n) is 5.52. The molecule has 240 valence electrons. The standard InChI is InChI=1S/C31H37FN4O7SSi/c1-45(2,3)15-14-43-20-35-19-27(37)30(38)29(34-35)31(39)36-13-5-8-26(36)28(44(40,41)42)17-25(23-6-4-7-24(32)16-23)22-11-9-21(18-33)10-12-22/h4,6-7,9-12,16,19,25-26,28,37H,5,8,13-15,17,20H2,1-3H3,(H,40,41,42)/t25-,26?,28-/m1/s1. The van der Waals surface area contributed by atoms with Crippen LogP contribution in [-0.2, 0) is 21.6 Å². The van der Waals surface area contributed by atoms with Gasteiger partial charge in [0.1, 0.15) is 17.8 Å². The molecule has 1 aromatic heterocycles. The number of likely N-dealkylation sites (tertiary alicyclic amines) is 1. The third-order valence-corrected chi connectivity index (χ3v) is 10.9. The third kappa shape index (κ3) is 8.63. The SMILES string of the molecule is C[Si](C)(C)CCOCn1cc(O)c(=O)c(C(=O)N2CCCC2[C@@H](C[C@H](c2ccc(C#N)cc2)c2cccc(F)c2)S(=O)(=O)O)n1. The van der Waals surface area contributed by atoms with Crippen LogP contribution < -0.4 is 5.43 Å². The minimum atomic E-state index is -4.79. The summed E-state index contributed by atoms with van der Waals surface area (Å²) >= 11 is 0. The minimum Gasteiger partial charge on any atom is -0.503 e. The number of aromatic hydroxyl groups is 1. The number of carbonyl (C=O) groups is 1. The van der Waals surface area contributed by atoms with Crippen molar-refractivity contribution < 1.29 is 32.0 Å². The summed E-state index contributed by atoms with van der Waals surface area (Å²) in [5.41, 5.74) is -0.214. The number of nitriles is 1. The fourth-order valence-corrected chi connectivity index (χ4v) is 7.39. The van der Waals surface area contributed by atoms with Crippen molar-refractivity contribution in [2.45, 2.75) is 68.9 Å². The van der Waals surface area contributed by atoms with E-state index in [9.17, 15) is 37.3 Å². The summed E-state index contributed by atoms with van der Waals surface area (Å²) in [7, 11) is -6.17. The third-order valence-electron chi connectivity index (χ3n) is 7.90. The summed E-state index contributed by atoms with van der Waals surface area (Å²) in [4.78, 5) is 27.8. The molecular formula is C31H37FN4O7SSi. The second-order valence-electron chi connectivity index (χ2n) is 12.4. The topological polar surface area (TPSA) is 163 Å². The van der Waals surface area contributed by atoms with E-state index >= 15 is 0 Å². The van der Waals surface area contributed by atoms with Gasteiger partial charge in [0.2, 0.25) is 0 Å². The number of hydrogen-bond donors (Lipinski definition) is 2. The quantitative estimate of drug-likeness (QED) is 0.164. The summed E-state index contributed by atoms with van der Waals surface area (Å²) in [6.07, 6.45) is 1.42. The normalized spacial score (nSPS) is 16.7. The smallest absolute Gasteiger partial charge is 0.278 e. The Hall–Kier alpha value is -3.90. The van der Waals surface area contributed by atoms with Crippen LogP contribution in [-0.4, -0.2) is 71.2 Å². The Morgan fingerprint density at radius 3 is 2.53 bits per heavy atom. The van der Waals surface area contributed by atoms with Crippen molar-refractivity contribution in [1.82, 2.24) is 14.7 Å². The van der Waals surface area contributed by atoms with Crippen LogP contribution in [0.3, 0.4) is 0 Å². The zero-order valence-corrected chi connectivity index (χ0v) is 27.2. The molecule has 3 aromatic rings. The van der Waals surface area contributed by atoms with Crippen molar-refractivity contribution >= 4 is 24.1 Å². The second-order valence-corrected chi connectivity index (χ2v) is 19.7. The van der Waals surface area contributed by atoms with Gasteiger partial charge in [-0.1, -0.05) is 43.9 Å². The van der Waals surface area contributed by atoms with Gasteiger partial charge >= 0.3 is 0 Å². The van der Waals surface area contributed by atoms with E-state index in [1.54, 1.807) is 30.3 Å². The average molecular weight is 657 g/mol. The Bertz CT molecular complexity index is 1740. The molecule has 11 nitrogen and oxygen atoms in total. The van der Waals surface area contributed by atoms with Crippen LogP contribution in [0.1, 0.15) is 52.4 Å². The van der Waals surface area contributed by atoms with Crippen LogP contribution in [0.2, 0.25) is 25.7 Å². The van der Waals surface area contributed by atoms with Crippen molar-refractivity contribution in [3.8, 4) is 11.8 Å². The maximum atomic E-state index is 14.3. The molecule has 1 fully saturated rings.